The molecule has 2 aliphatic heterocycles. The molecule has 18 unspecified atom stereocenters. The highest BCUT2D eigenvalue weighted by Gasteiger charge is 2.70. The van der Waals surface area contributed by atoms with Crippen LogP contribution < -0.4 is 0 Å². The van der Waals surface area contributed by atoms with Gasteiger partial charge in [0, 0.05) is 0 Å². The molecule has 2 saturated heterocycles. The number of fused-ring (bicyclic) bond motifs is 7. The van der Waals surface area contributed by atoms with Crippen molar-refractivity contribution in [2.75, 3.05) is 13.2 Å². The average Bonchev–Trinajstić information content (AvgIpc) is 3.19. The van der Waals surface area contributed by atoms with Crippen LogP contribution in [0.4, 0.5) is 0 Å². The van der Waals surface area contributed by atoms with Crippen molar-refractivity contribution in [3.63, 3.8) is 0 Å². The van der Waals surface area contributed by atoms with Gasteiger partial charge in [0.2, 0.25) is 6.29 Å². The first-order valence-electron chi connectivity index (χ1n) is 22.8. The molecule has 0 radical (unpaired) electrons. The molecule has 2 heterocycles. The SMILES string of the molecule is CCCCOC(=O)C1OC(OC2CCC3(C)C(CCC4(C)C3CC=C3C5CC(C)(C)CCC5(C(=O)OC5OC(CO)C(O)C(O)C5O)CCC34C)C2(C)C)C(O)C(O)C1O. The predicted molar refractivity (Wildman–Crippen MR) is 216 cm³/mol. The van der Waals surface area contributed by atoms with Crippen LogP contribution in [0.15, 0.2) is 11.6 Å². The fourth-order valence-electron chi connectivity index (χ4n) is 13.9. The van der Waals surface area contributed by atoms with Gasteiger partial charge in [-0.05, 0) is 115 Å². The second kappa shape index (κ2) is 16.4. The lowest BCUT2D eigenvalue weighted by molar-refractivity contribution is -0.324. The predicted octanol–water partition coefficient (Wildman–Crippen LogP) is 3.67. The Morgan fingerprint density at radius 3 is 2.12 bits per heavy atom. The minimum Gasteiger partial charge on any atom is -0.464 e. The van der Waals surface area contributed by atoms with Crippen molar-refractivity contribution in [3.05, 3.63) is 11.6 Å². The van der Waals surface area contributed by atoms with Crippen molar-refractivity contribution in [1.29, 1.82) is 0 Å². The molecule has 0 amide bonds. The molecule has 4 saturated carbocycles. The van der Waals surface area contributed by atoms with Crippen LogP contribution in [-0.4, -0.2) is 128 Å². The summed E-state index contributed by atoms with van der Waals surface area (Å²) in [6.45, 7) is 17.8. The number of ether oxygens (including phenoxy) is 5. The van der Waals surface area contributed by atoms with Gasteiger partial charge in [0.1, 0.15) is 42.7 Å². The van der Waals surface area contributed by atoms with Crippen LogP contribution in [0.3, 0.4) is 0 Å². The smallest absolute Gasteiger partial charge is 0.338 e. The number of unbranched alkanes of at least 4 members (excludes halogenated alkanes) is 1. The summed E-state index contributed by atoms with van der Waals surface area (Å²) < 4.78 is 29.4. The van der Waals surface area contributed by atoms with E-state index in [0.29, 0.717) is 31.6 Å². The maximum atomic E-state index is 14.6. The zero-order chi connectivity index (χ0) is 44.0. The van der Waals surface area contributed by atoms with E-state index in [0.717, 1.165) is 51.4 Å². The van der Waals surface area contributed by atoms with E-state index in [1.807, 2.05) is 6.92 Å². The standard InChI is InChI=1S/C46H74O14/c1-9-10-21-56-37(54)36-33(51)32(50)35(53)39(59-36)58-29-14-15-43(6)27(42(29,4)5)13-16-45(8)28(43)12-11-24-25-22-41(2,3)17-19-46(25,20-18-44(24,45)7)40(55)60-38-34(52)31(49)30(48)26(23-47)57-38/h11,25-36,38-39,47-53H,9-10,12-23H2,1-8H3. The van der Waals surface area contributed by atoms with E-state index in [1.54, 1.807) is 0 Å². The Morgan fingerprint density at radius 2 is 1.43 bits per heavy atom. The molecule has 342 valence electrons. The third-order valence-corrected chi connectivity index (χ3v) is 17.9. The summed E-state index contributed by atoms with van der Waals surface area (Å²) >= 11 is 0. The van der Waals surface area contributed by atoms with Gasteiger partial charge in [-0.25, -0.2) is 4.79 Å². The minimum atomic E-state index is -1.67. The Kier molecular flexibility index (Phi) is 12.6. The molecule has 7 aliphatic rings. The molecular formula is C46H74O14. The number of allylic oxidation sites excluding steroid dienone is 2. The van der Waals surface area contributed by atoms with Crippen molar-refractivity contribution >= 4 is 11.9 Å². The van der Waals surface area contributed by atoms with Gasteiger partial charge in [-0.1, -0.05) is 73.5 Å². The van der Waals surface area contributed by atoms with E-state index in [9.17, 15) is 45.3 Å². The third kappa shape index (κ3) is 7.23. The monoisotopic (exact) mass is 851 g/mol. The first-order valence-corrected chi connectivity index (χ1v) is 22.8. The Hall–Kier alpha value is -1.72. The molecule has 0 aromatic carbocycles. The van der Waals surface area contributed by atoms with Gasteiger partial charge in [0.15, 0.2) is 12.4 Å². The lowest BCUT2D eigenvalue weighted by Crippen LogP contribution is -2.66. The molecule has 0 aromatic heterocycles. The van der Waals surface area contributed by atoms with E-state index in [4.69, 9.17) is 23.7 Å². The molecule has 6 fully saturated rings. The van der Waals surface area contributed by atoms with Crippen molar-refractivity contribution in [2.45, 2.75) is 200 Å². The number of esters is 2. The molecule has 7 N–H and O–H groups in total. The van der Waals surface area contributed by atoms with Crippen LogP contribution in [0, 0.1) is 50.2 Å². The van der Waals surface area contributed by atoms with Gasteiger partial charge in [-0.2, -0.15) is 0 Å². The van der Waals surface area contributed by atoms with Gasteiger partial charge in [-0.3, -0.25) is 4.79 Å². The maximum Gasteiger partial charge on any atom is 0.338 e. The van der Waals surface area contributed by atoms with Crippen LogP contribution >= 0.6 is 0 Å². The summed E-state index contributed by atoms with van der Waals surface area (Å²) in [5.41, 5.74) is -0.363. The summed E-state index contributed by atoms with van der Waals surface area (Å²) in [6.07, 6.45) is -3.85. The van der Waals surface area contributed by atoms with Gasteiger partial charge in [-0.15, -0.1) is 0 Å². The molecule has 18 atom stereocenters. The normalized spacial score (nSPS) is 49.5. The number of aliphatic hydroxyl groups is 7. The Morgan fingerprint density at radius 1 is 0.767 bits per heavy atom. The quantitative estimate of drug-likeness (QED) is 0.0762. The fraction of sp³-hybridized carbons (Fsp3) is 0.913. The number of aliphatic hydroxyl groups excluding tert-OH is 7. The van der Waals surface area contributed by atoms with Gasteiger partial charge < -0.3 is 59.4 Å². The molecule has 7 rings (SSSR count). The van der Waals surface area contributed by atoms with Gasteiger partial charge >= 0.3 is 11.9 Å². The first-order chi connectivity index (χ1) is 28.0. The highest BCUT2D eigenvalue weighted by molar-refractivity contribution is 5.79. The number of carbonyl (C=O) groups is 2. The van der Waals surface area contributed by atoms with Crippen molar-refractivity contribution in [1.82, 2.24) is 0 Å². The zero-order valence-electron chi connectivity index (χ0n) is 37.0. The minimum absolute atomic E-state index is 0.0282. The number of carbonyl (C=O) groups excluding carboxylic acids is 2. The van der Waals surface area contributed by atoms with Crippen LogP contribution in [0.2, 0.25) is 0 Å². The molecule has 60 heavy (non-hydrogen) atoms. The number of hydrogen-bond acceptors (Lipinski definition) is 14. The highest BCUT2D eigenvalue weighted by atomic mass is 16.7. The van der Waals surface area contributed by atoms with Crippen LogP contribution in [0.25, 0.3) is 0 Å². The second-order valence-corrected chi connectivity index (χ2v) is 21.9. The van der Waals surface area contributed by atoms with Crippen molar-refractivity contribution in [2.24, 2.45) is 50.2 Å². The average molecular weight is 851 g/mol. The van der Waals surface area contributed by atoms with Gasteiger partial charge in [0.05, 0.1) is 24.7 Å². The number of hydrogen-bond donors (Lipinski definition) is 7. The largest absolute Gasteiger partial charge is 0.464 e. The van der Waals surface area contributed by atoms with Gasteiger partial charge in [0.25, 0.3) is 0 Å². The van der Waals surface area contributed by atoms with Crippen molar-refractivity contribution in [3.8, 4) is 0 Å². The van der Waals surface area contributed by atoms with E-state index >= 15 is 0 Å². The lowest BCUT2D eigenvalue weighted by Gasteiger charge is -2.71. The fourth-order valence-corrected chi connectivity index (χ4v) is 13.9. The molecule has 0 aromatic rings. The molecule has 14 nitrogen and oxygen atoms in total. The Bertz CT molecular complexity index is 1630. The Balaban J connectivity index is 1.13. The zero-order valence-corrected chi connectivity index (χ0v) is 37.0. The maximum absolute atomic E-state index is 14.6. The molecule has 0 bridgehead atoms. The molecule has 14 heteroatoms. The topological polar surface area (TPSA) is 222 Å². The van der Waals surface area contributed by atoms with E-state index in [1.165, 1.54) is 5.57 Å². The summed E-state index contributed by atoms with van der Waals surface area (Å²) in [7, 11) is 0. The highest BCUT2D eigenvalue weighted by Crippen LogP contribution is 2.76. The first kappa shape index (κ1) is 46.3. The molecule has 0 spiro atoms. The van der Waals surface area contributed by atoms with Crippen LogP contribution in [-0.2, 0) is 33.3 Å². The van der Waals surface area contributed by atoms with E-state index < -0.39 is 85.4 Å². The summed E-state index contributed by atoms with van der Waals surface area (Å²) in [5, 5.41) is 74.0. The summed E-state index contributed by atoms with van der Waals surface area (Å²) in [6, 6.07) is 0. The summed E-state index contributed by atoms with van der Waals surface area (Å²) in [4.78, 5) is 27.5. The van der Waals surface area contributed by atoms with E-state index in [2.05, 4.69) is 54.5 Å². The number of rotatable bonds is 9. The second-order valence-electron chi connectivity index (χ2n) is 21.9. The molecule has 5 aliphatic carbocycles. The Labute approximate surface area is 355 Å². The lowest BCUT2D eigenvalue weighted by atomic mass is 9.33. The van der Waals surface area contributed by atoms with E-state index in [-0.39, 0.29) is 51.6 Å². The van der Waals surface area contributed by atoms with Crippen LogP contribution in [0.1, 0.15) is 132 Å². The van der Waals surface area contributed by atoms with Crippen molar-refractivity contribution < 1.29 is 69.0 Å². The summed E-state index contributed by atoms with van der Waals surface area (Å²) in [5.74, 6) is -0.815. The van der Waals surface area contributed by atoms with Crippen LogP contribution in [0.5, 0.6) is 0 Å². The third-order valence-electron chi connectivity index (χ3n) is 17.9. The molecular weight excluding hydrogens is 776 g/mol.